The van der Waals surface area contributed by atoms with E-state index >= 15 is 0 Å². The molecule has 0 saturated carbocycles. The minimum Gasteiger partial charge on any atom is -0.394 e. The first kappa shape index (κ1) is 8.83. The van der Waals surface area contributed by atoms with Crippen LogP contribution >= 0.6 is 0 Å². The Labute approximate surface area is 62.9 Å². The molecular formula is C6H10F2O3. The van der Waals surface area contributed by atoms with Gasteiger partial charge in [-0.3, -0.25) is 0 Å². The van der Waals surface area contributed by atoms with Gasteiger partial charge in [0.25, 0.3) is 0 Å². The van der Waals surface area contributed by atoms with Crippen molar-refractivity contribution < 1.29 is 23.4 Å². The Bertz CT molecular complexity index is 115. The molecule has 3 nitrogen and oxygen atoms in total. The molecular weight excluding hydrogens is 158 g/mol. The first-order valence-corrected chi connectivity index (χ1v) is 3.28. The molecule has 1 saturated heterocycles. The third-order valence-corrected chi connectivity index (χ3v) is 1.64. The van der Waals surface area contributed by atoms with Gasteiger partial charge in [-0.1, -0.05) is 0 Å². The first-order valence-electron chi connectivity index (χ1n) is 3.28. The van der Waals surface area contributed by atoms with E-state index in [-0.39, 0.29) is 0 Å². The van der Waals surface area contributed by atoms with Gasteiger partial charge < -0.3 is 14.6 Å². The van der Waals surface area contributed by atoms with Crippen molar-refractivity contribution in [3.63, 3.8) is 0 Å². The number of halogens is 2. The number of alkyl halides is 2. The molecule has 0 spiro atoms. The Kier molecular flexibility index (Phi) is 2.75. The highest BCUT2D eigenvalue weighted by atomic mass is 19.2. The highest BCUT2D eigenvalue weighted by Gasteiger charge is 2.45. The smallest absolute Gasteiger partial charge is 0.192 e. The molecule has 4 unspecified atom stereocenters. The Morgan fingerprint density at radius 3 is 2.36 bits per heavy atom. The zero-order valence-electron chi connectivity index (χ0n) is 6.04. The van der Waals surface area contributed by atoms with Gasteiger partial charge >= 0.3 is 0 Å². The molecule has 1 aliphatic heterocycles. The summed E-state index contributed by atoms with van der Waals surface area (Å²) >= 11 is 0. The van der Waals surface area contributed by atoms with Crippen molar-refractivity contribution in [2.24, 2.45) is 0 Å². The van der Waals surface area contributed by atoms with Crippen molar-refractivity contribution in [2.45, 2.75) is 24.7 Å². The lowest BCUT2D eigenvalue weighted by Gasteiger charge is -2.08. The van der Waals surface area contributed by atoms with E-state index in [1.165, 1.54) is 7.11 Å². The molecule has 0 bridgehead atoms. The summed E-state index contributed by atoms with van der Waals surface area (Å²) in [6.07, 6.45) is -5.85. The molecule has 1 heterocycles. The van der Waals surface area contributed by atoms with E-state index in [1.807, 2.05) is 0 Å². The zero-order chi connectivity index (χ0) is 8.43. The highest BCUT2D eigenvalue weighted by molar-refractivity contribution is 4.86. The molecule has 5 heteroatoms. The summed E-state index contributed by atoms with van der Waals surface area (Å²) in [5, 5.41) is 8.48. The molecule has 0 aromatic carbocycles. The van der Waals surface area contributed by atoms with Gasteiger partial charge in [0.15, 0.2) is 18.6 Å². The van der Waals surface area contributed by atoms with Crippen LogP contribution in [0.3, 0.4) is 0 Å². The minimum absolute atomic E-state index is 0.526. The van der Waals surface area contributed by atoms with Crippen LogP contribution in [-0.2, 0) is 9.47 Å². The highest BCUT2D eigenvalue weighted by Crippen LogP contribution is 2.26. The minimum atomic E-state index is -1.79. The number of hydrogen-bond donors (Lipinski definition) is 1. The van der Waals surface area contributed by atoms with Crippen LogP contribution in [0.1, 0.15) is 0 Å². The maximum Gasteiger partial charge on any atom is 0.192 e. The van der Waals surface area contributed by atoms with Crippen LogP contribution in [0.2, 0.25) is 0 Å². The van der Waals surface area contributed by atoms with Gasteiger partial charge in [0, 0.05) is 7.11 Å². The number of ether oxygens (including phenoxy) is 2. The van der Waals surface area contributed by atoms with E-state index in [0.29, 0.717) is 0 Å². The summed E-state index contributed by atoms with van der Waals surface area (Å²) in [5.41, 5.74) is 0. The maximum atomic E-state index is 12.7. The third kappa shape index (κ3) is 1.50. The molecule has 1 N–H and O–H groups in total. The van der Waals surface area contributed by atoms with E-state index in [9.17, 15) is 8.78 Å². The van der Waals surface area contributed by atoms with Crippen LogP contribution in [0, 0.1) is 0 Å². The maximum absolute atomic E-state index is 12.7. The molecule has 0 aliphatic carbocycles. The van der Waals surface area contributed by atoms with Crippen LogP contribution in [0.4, 0.5) is 8.78 Å². The largest absolute Gasteiger partial charge is 0.394 e. The average Bonchev–Trinajstić information content (AvgIpc) is 2.30. The lowest BCUT2D eigenvalue weighted by atomic mass is 10.2. The summed E-state index contributed by atoms with van der Waals surface area (Å²) in [7, 11) is 1.23. The van der Waals surface area contributed by atoms with E-state index in [1.54, 1.807) is 0 Å². The SMILES string of the molecule is COC1OC(CO)C(F)C1F. The average molecular weight is 168 g/mol. The summed E-state index contributed by atoms with van der Waals surface area (Å²) in [4.78, 5) is 0. The van der Waals surface area contributed by atoms with Crippen LogP contribution < -0.4 is 0 Å². The number of aliphatic hydroxyl groups is 1. The molecule has 4 atom stereocenters. The normalized spacial score (nSPS) is 44.7. The number of methoxy groups -OCH3 is 1. The Balaban J connectivity index is 2.53. The fourth-order valence-electron chi connectivity index (χ4n) is 1.01. The summed E-state index contributed by atoms with van der Waals surface area (Å²) in [6, 6.07) is 0. The standard InChI is InChI=1S/C6H10F2O3/c1-10-6-5(8)4(7)3(2-9)11-6/h3-6,9H,2H2,1H3. The quantitative estimate of drug-likeness (QED) is 0.632. The fraction of sp³-hybridized carbons (Fsp3) is 1.00. The molecule has 1 rings (SSSR count). The van der Waals surface area contributed by atoms with Crippen molar-refractivity contribution in [3.8, 4) is 0 Å². The van der Waals surface area contributed by atoms with E-state index < -0.39 is 31.3 Å². The van der Waals surface area contributed by atoms with Gasteiger partial charge in [-0.05, 0) is 0 Å². The predicted octanol–water partition coefficient (Wildman–Crippen LogP) is 0.0262. The molecule has 0 aromatic heterocycles. The number of hydrogen-bond acceptors (Lipinski definition) is 3. The second-order valence-corrected chi connectivity index (χ2v) is 2.35. The molecule has 66 valence electrons. The summed E-state index contributed by atoms with van der Waals surface area (Å²) in [6.45, 7) is -0.526. The molecule has 0 aromatic rings. The fourth-order valence-corrected chi connectivity index (χ4v) is 1.01. The van der Waals surface area contributed by atoms with Gasteiger partial charge in [0.1, 0.15) is 6.10 Å². The molecule has 11 heavy (non-hydrogen) atoms. The van der Waals surface area contributed by atoms with E-state index in [4.69, 9.17) is 5.11 Å². The Hall–Kier alpha value is -0.260. The lowest BCUT2D eigenvalue weighted by Crippen LogP contribution is -2.27. The summed E-state index contributed by atoms with van der Waals surface area (Å²) in [5.74, 6) is 0. The second-order valence-electron chi connectivity index (χ2n) is 2.35. The van der Waals surface area contributed by atoms with Gasteiger partial charge in [0.2, 0.25) is 0 Å². The van der Waals surface area contributed by atoms with Gasteiger partial charge in [-0.25, -0.2) is 8.78 Å². The van der Waals surface area contributed by atoms with Crippen LogP contribution in [0.15, 0.2) is 0 Å². The van der Waals surface area contributed by atoms with E-state index in [2.05, 4.69) is 9.47 Å². The van der Waals surface area contributed by atoms with Crippen LogP contribution in [0.5, 0.6) is 0 Å². The van der Waals surface area contributed by atoms with Gasteiger partial charge in [0.05, 0.1) is 6.61 Å². The van der Waals surface area contributed by atoms with Crippen molar-refractivity contribution >= 4 is 0 Å². The van der Waals surface area contributed by atoms with Crippen molar-refractivity contribution in [2.75, 3.05) is 13.7 Å². The molecule has 0 amide bonds. The first-order chi connectivity index (χ1) is 5.20. The van der Waals surface area contributed by atoms with Crippen LogP contribution in [0.25, 0.3) is 0 Å². The second kappa shape index (κ2) is 3.42. The lowest BCUT2D eigenvalue weighted by molar-refractivity contribution is -0.141. The molecule has 1 fully saturated rings. The topological polar surface area (TPSA) is 38.7 Å². The van der Waals surface area contributed by atoms with Crippen molar-refractivity contribution in [1.82, 2.24) is 0 Å². The third-order valence-electron chi connectivity index (χ3n) is 1.64. The number of aliphatic hydroxyl groups excluding tert-OH is 1. The molecule has 1 aliphatic rings. The van der Waals surface area contributed by atoms with Crippen molar-refractivity contribution in [3.05, 3.63) is 0 Å². The Morgan fingerprint density at radius 2 is 2.09 bits per heavy atom. The Morgan fingerprint density at radius 1 is 1.45 bits per heavy atom. The van der Waals surface area contributed by atoms with Gasteiger partial charge in [-0.15, -0.1) is 0 Å². The summed E-state index contributed by atoms with van der Waals surface area (Å²) < 4.78 is 34.5. The van der Waals surface area contributed by atoms with Crippen molar-refractivity contribution in [1.29, 1.82) is 0 Å². The van der Waals surface area contributed by atoms with Crippen LogP contribution in [-0.4, -0.2) is 43.6 Å². The van der Waals surface area contributed by atoms with E-state index in [0.717, 1.165) is 0 Å². The predicted molar refractivity (Wildman–Crippen MR) is 32.5 cm³/mol. The zero-order valence-corrected chi connectivity index (χ0v) is 6.04. The molecule has 0 radical (unpaired) electrons. The van der Waals surface area contributed by atoms with Gasteiger partial charge in [-0.2, -0.15) is 0 Å². The monoisotopic (exact) mass is 168 g/mol. The number of rotatable bonds is 2.